The van der Waals surface area contributed by atoms with Gasteiger partial charge in [-0.25, -0.2) is 14.4 Å². The summed E-state index contributed by atoms with van der Waals surface area (Å²) in [5, 5.41) is 5.76. The van der Waals surface area contributed by atoms with Crippen molar-refractivity contribution >= 4 is 23.2 Å². The highest BCUT2D eigenvalue weighted by Crippen LogP contribution is 2.19. The van der Waals surface area contributed by atoms with Gasteiger partial charge < -0.3 is 10.6 Å². The average molecular weight is 350 g/mol. The van der Waals surface area contributed by atoms with Gasteiger partial charge in [0.1, 0.15) is 5.82 Å². The number of nitrogens with one attached hydrogen (secondary N) is 2. The van der Waals surface area contributed by atoms with Crippen molar-refractivity contribution in [1.82, 2.24) is 9.97 Å². The lowest BCUT2D eigenvalue weighted by Crippen LogP contribution is -2.13. The van der Waals surface area contributed by atoms with Gasteiger partial charge in [0.15, 0.2) is 0 Å². The van der Waals surface area contributed by atoms with Crippen molar-refractivity contribution in [1.29, 1.82) is 0 Å². The molecule has 26 heavy (non-hydrogen) atoms. The minimum atomic E-state index is -0.358. The highest BCUT2D eigenvalue weighted by Gasteiger charge is 2.08. The van der Waals surface area contributed by atoms with Crippen LogP contribution >= 0.6 is 0 Å². The Bertz CT molecular complexity index is 875. The molecule has 3 rings (SSSR count). The van der Waals surface area contributed by atoms with Gasteiger partial charge in [-0.05, 0) is 47.9 Å². The molecule has 0 saturated heterocycles. The molecule has 0 radical (unpaired) electrons. The topological polar surface area (TPSA) is 66.9 Å². The zero-order valence-corrected chi connectivity index (χ0v) is 14.5. The number of anilines is 3. The number of benzene rings is 2. The van der Waals surface area contributed by atoms with Crippen LogP contribution in [0.25, 0.3) is 0 Å². The Balaban J connectivity index is 1.64. The Morgan fingerprint density at radius 1 is 0.923 bits per heavy atom. The molecule has 132 valence electrons. The van der Waals surface area contributed by atoms with E-state index in [1.807, 2.05) is 12.1 Å². The summed E-state index contributed by atoms with van der Waals surface area (Å²) in [4.78, 5) is 20.5. The van der Waals surface area contributed by atoms with Crippen LogP contribution in [0.3, 0.4) is 0 Å². The molecule has 0 saturated carbocycles. The third-order valence-electron chi connectivity index (χ3n) is 3.85. The fraction of sp³-hybridized carbons (Fsp3) is 0.150. The van der Waals surface area contributed by atoms with Crippen LogP contribution in [-0.4, -0.2) is 15.9 Å². The molecule has 1 amide bonds. The van der Waals surface area contributed by atoms with Crippen LogP contribution in [-0.2, 0) is 0 Å². The molecule has 0 spiro atoms. The zero-order valence-electron chi connectivity index (χ0n) is 14.5. The number of rotatable bonds is 5. The van der Waals surface area contributed by atoms with Gasteiger partial charge in [0, 0.05) is 23.8 Å². The fourth-order valence-corrected chi connectivity index (χ4v) is 2.33. The van der Waals surface area contributed by atoms with E-state index in [1.165, 1.54) is 42.2 Å². The number of nitrogens with zero attached hydrogens (tertiary/aromatic N) is 2. The summed E-state index contributed by atoms with van der Waals surface area (Å²) in [5.74, 6) is 0.160. The van der Waals surface area contributed by atoms with E-state index in [2.05, 4.69) is 46.6 Å². The first-order valence-corrected chi connectivity index (χ1v) is 8.27. The third-order valence-corrected chi connectivity index (χ3v) is 3.85. The summed E-state index contributed by atoms with van der Waals surface area (Å²) in [6, 6.07) is 13.6. The number of hydrogen-bond donors (Lipinski definition) is 2. The Labute approximate surface area is 151 Å². The quantitative estimate of drug-likeness (QED) is 0.698. The fourth-order valence-electron chi connectivity index (χ4n) is 2.33. The standard InChI is InChI=1S/C20H19FN4O/c1-13(2)14-3-7-18(8-4-14)25-20-22-11-15(12-23-20)19(26)24-17-9-5-16(21)6-10-17/h3-13H,1-2H3,(H,24,26)(H,22,23,25). The average Bonchev–Trinajstić information content (AvgIpc) is 2.64. The number of amides is 1. The molecule has 0 bridgehead atoms. The first-order chi connectivity index (χ1) is 12.5. The number of halogens is 1. The zero-order chi connectivity index (χ0) is 18.5. The minimum Gasteiger partial charge on any atom is -0.324 e. The van der Waals surface area contributed by atoms with Crippen LogP contribution < -0.4 is 10.6 Å². The van der Waals surface area contributed by atoms with Gasteiger partial charge in [0.25, 0.3) is 5.91 Å². The SMILES string of the molecule is CC(C)c1ccc(Nc2ncc(C(=O)Nc3ccc(F)cc3)cn2)cc1. The molecule has 1 heterocycles. The van der Waals surface area contributed by atoms with Crippen LogP contribution in [0.15, 0.2) is 60.9 Å². The van der Waals surface area contributed by atoms with E-state index in [-0.39, 0.29) is 11.7 Å². The van der Waals surface area contributed by atoms with Crippen molar-refractivity contribution in [2.24, 2.45) is 0 Å². The smallest absolute Gasteiger partial charge is 0.258 e. The summed E-state index contributed by atoms with van der Waals surface area (Å²) >= 11 is 0. The normalized spacial score (nSPS) is 10.6. The molecule has 2 aromatic carbocycles. The van der Waals surface area contributed by atoms with Crippen LogP contribution in [0.4, 0.5) is 21.7 Å². The van der Waals surface area contributed by atoms with Crippen molar-refractivity contribution in [2.75, 3.05) is 10.6 Å². The molecule has 2 N–H and O–H groups in total. The second kappa shape index (κ2) is 7.74. The van der Waals surface area contributed by atoms with E-state index < -0.39 is 0 Å². The van der Waals surface area contributed by atoms with Crippen molar-refractivity contribution < 1.29 is 9.18 Å². The first kappa shape index (κ1) is 17.5. The minimum absolute atomic E-state index is 0.315. The van der Waals surface area contributed by atoms with Crippen LogP contribution in [0, 0.1) is 5.82 Å². The molecule has 0 atom stereocenters. The molecule has 0 aliphatic carbocycles. The van der Waals surface area contributed by atoms with E-state index in [0.29, 0.717) is 23.1 Å². The van der Waals surface area contributed by atoms with Crippen molar-refractivity contribution in [2.45, 2.75) is 19.8 Å². The molecule has 5 nitrogen and oxygen atoms in total. The van der Waals surface area contributed by atoms with Gasteiger partial charge in [-0.1, -0.05) is 26.0 Å². The number of carbonyl (C=O) groups is 1. The predicted molar refractivity (Wildman–Crippen MR) is 100 cm³/mol. The highest BCUT2D eigenvalue weighted by atomic mass is 19.1. The van der Waals surface area contributed by atoms with Crippen molar-refractivity contribution in [3.05, 3.63) is 77.9 Å². The third kappa shape index (κ3) is 4.42. The van der Waals surface area contributed by atoms with Gasteiger partial charge in [0.05, 0.1) is 5.56 Å². The largest absolute Gasteiger partial charge is 0.324 e. The van der Waals surface area contributed by atoms with Crippen molar-refractivity contribution in [3.63, 3.8) is 0 Å². The highest BCUT2D eigenvalue weighted by molar-refractivity contribution is 6.03. The maximum atomic E-state index is 12.9. The monoisotopic (exact) mass is 350 g/mol. The summed E-state index contributed by atoms with van der Waals surface area (Å²) < 4.78 is 12.9. The number of carbonyl (C=O) groups excluding carboxylic acids is 1. The van der Waals surface area contributed by atoms with Gasteiger partial charge >= 0.3 is 0 Å². The predicted octanol–water partition coefficient (Wildman–Crippen LogP) is 4.74. The molecule has 0 unspecified atom stereocenters. The summed E-state index contributed by atoms with van der Waals surface area (Å²) in [6.45, 7) is 4.28. The molecule has 0 aliphatic rings. The van der Waals surface area contributed by atoms with Crippen molar-refractivity contribution in [3.8, 4) is 0 Å². The van der Waals surface area contributed by atoms with Crippen LogP contribution in [0.5, 0.6) is 0 Å². The maximum Gasteiger partial charge on any atom is 0.258 e. The summed E-state index contributed by atoms with van der Waals surface area (Å²) in [6.07, 6.45) is 2.88. The lowest BCUT2D eigenvalue weighted by molar-refractivity contribution is 0.102. The van der Waals surface area contributed by atoms with E-state index in [4.69, 9.17) is 0 Å². The molecule has 3 aromatic rings. The second-order valence-electron chi connectivity index (χ2n) is 6.16. The van der Waals surface area contributed by atoms with Crippen LogP contribution in [0.1, 0.15) is 35.7 Å². The first-order valence-electron chi connectivity index (χ1n) is 8.27. The van der Waals surface area contributed by atoms with Gasteiger partial charge in [-0.2, -0.15) is 0 Å². The van der Waals surface area contributed by atoms with Gasteiger partial charge in [-0.3, -0.25) is 4.79 Å². The molecule has 1 aromatic heterocycles. The van der Waals surface area contributed by atoms with Crippen LogP contribution in [0.2, 0.25) is 0 Å². The Morgan fingerprint density at radius 2 is 1.50 bits per heavy atom. The second-order valence-corrected chi connectivity index (χ2v) is 6.16. The summed E-state index contributed by atoms with van der Waals surface area (Å²) in [7, 11) is 0. The Kier molecular flexibility index (Phi) is 5.22. The van der Waals surface area contributed by atoms with E-state index in [1.54, 1.807) is 0 Å². The van der Waals surface area contributed by atoms with E-state index in [9.17, 15) is 9.18 Å². The Morgan fingerprint density at radius 3 is 2.08 bits per heavy atom. The number of aromatic nitrogens is 2. The molecule has 6 heteroatoms. The van der Waals surface area contributed by atoms with Gasteiger partial charge in [0.2, 0.25) is 5.95 Å². The van der Waals surface area contributed by atoms with E-state index >= 15 is 0 Å². The molecule has 0 fully saturated rings. The Hall–Kier alpha value is -3.28. The number of hydrogen-bond acceptors (Lipinski definition) is 4. The lowest BCUT2D eigenvalue weighted by Gasteiger charge is -2.09. The summed E-state index contributed by atoms with van der Waals surface area (Å²) in [5.41, 5.74) is 2.95. The van der Waals surface area contributed by atoms with Gasteiger partial charge in [-0.15, -0.1) is 0 Å². The lowest BCUT2D eigenvalue weighted by atomic mass is 10.0. The van der Waals surface area contributed by atoms with E-state index in [0.717, 1.165) is 5.69 Å². The maximum absolute atomic E-state index is 12.9. The molecular formula is C20H19FN4O. The molecular weight excluding hydrogens is 331 g/mol. The molecule has 0 aliphatic heterocycles.